The van der Waals surface area contributed by atoms with E-state index in [0.717, 1.165) is 17.1 Å². The molecule has 0 amide bonds. The van der Waals surface area contributed by atoms with E-state index in [1.165, 1.54) is 5.57 Å². The molecule has 4 nitrogen and oxygen atoms in total. The summed E-state index contributed by atoms with van der Waals surface area (Å²) >= 11 is 0. The zero-order valence-corrected chi connectivity index (χ0v) is 12.5. The molecule has 3 rings (SSSR count). The van der Waals surface area contributed by atoms with E-state index < -0.39 is 0 Å². The molecule has 1 atom stereocenters. The molecule has 0 radical (unpaired) electrons. The average molecular weight is 290 g/mol. The molecule has 2 N–H and O–H groups in total. The van der Waals surface area contributed by atoms with Gasteiger partial charge in [-0.15, -0.1) is 0 Å². The van der Waals surface area contributed by atoms with Crippen molar-refractivity contribution in [3.05, 3.63) is 66.1 Å². The largest absolute Gasteiger partial charge is 0.373 e. The van der Waals surface area contributed by atoms with Crippen LogP contribution >= 0.6 is 0 Å². The Kier molecular flexibility index (Phi) is 4.10. The summed E-state index contributed by atoms with van der Waals surface area (Å²) in [5, 5.41) is 10.9. The highest BCUT2D eigenvalue weighted by Gasteiger charge is 2.21. The van der Waals surface area contributed by atoms with Crippen LogP contribution in [0.15, 0.2) is 65.4 Å². The minimum absolute atomic E-state index is 0.121. The van der Waals surface area contributed by atoms with Gasteiger partial charge in [0.25, 0.3) is 0 Å². The van der Waals surface area contributed by atoms with Crippen LogP contribution in [0.1, 0.15) is 12.6 Å². The van der Waals surface area contributed by atoms with Crippen molar-refractivity contribution >= 4 is 23.2 Å². The van der Waals surface area contributed by atoms with Gasteiger partial charge in [0, 0.05) is 17.5 Å². The molecule has 0 saturated heterocycles. The van der Waals surface area contributed by atoms with Gasteiger partial charge in [0.2, 0.25) is 0 Å². The molecule has 0 spiro atoms. The number of anilines is 1. The third-order valence-electron chi connectivity index (χ3n) is 3.51. The molecule has 1 aromatic rings. The first-order chi connectivity index (χ1) is 10.7. The second kappa shape index (κ2) is 6.35. The number of rotatable bonds is 4. The molecule has 2 aliphatic heterocycles. The van der Waals surface area contributed by atoms with E-state index in [9.17, 15) is 0 Å². The standard InChI is InChI=1S/C18H18N4/c1-13(19)5-2-3-6-15-14(10-12-21-15)16-8-9-17-18(22-16)7-4-11-20-17/h2-11,16,19,22H,12H2,1H3/b5-2-,6-3+,19-13?. The molecular weight excluding hydrogens is 272 g/mol. The third-order valence-corrected chi connectivity index (χ3v) is 3.51. The van der Waals surface area contributed by atoms with E-state index in [1.54, 1.807) is 19.2 Å². The second-order valence-corrected chi connectivity index (χ2v) is 5.20. The molecule has 0 aliphatic carbocycles. The van der Waals surface area contributed by atoms with Crippen molar-refractivity contribution in [1.82, 2.24) is 4.98 Å². The fourth-order valence-electron chi connectivity index (χ4n) is 2.48. The van der Waals surface area contributed by atoms with Crippen molar-refractivity contribution in [2.24, 2.45) is 4.99 Å². The minimum atomic E-state index is 0.121. The number of fused-ring (bicyclic) bond motifs is 1. The Morgan fingerprint density at radius 3 is 3.18 bits per heavy atom. The van der Waals surface area contributed by atoms with Crippen LogP contribution < -0.4 is 5.32 Å². The monoisotopic (exact) mass is 290 g/mol. The molecule has 4 heteroatoms. The van der Waals surface area contributed by atoms with Gasteiger partial charge in [-0.1, -0.05) is 24.3 Å². The highest BCUT2D eigenvalue weighted by Crippen LogP contribution is 2.25. The normalized spacial score (nSPS) is 20.0. The van der Waals surface area contributed by atoms with Crippen LogP contribution in [0.2, 0.25) is 0 Å². The third kappa shape index (κ3) is 3.11. The van der Waals surface area contributed by atoms with Crippen molar-refractivity contribution in [2.45, 2.75) is 13.0 Å². The van der Waals surface area contributed by atoms with Gasteiger partial charge < -0.3 is 10.7 Å². The molecule has 0 fully saturated rings. The Morgan fingerprint density at radius 2 is 2.32 bits per heavy atom. The maximum atomic E-state index is 7.36. The second-order valence-electron chi connectivity index (χ2n) is 5.20. The van der Waals surface area contributed by atoms with Crippen molar-refractivity contribution in [3.8, 4) is 0 Å². The number of aliphatic imine (C=N–C) groups is 1. The zero-order chi connectivity index (χ0) is 15.4. The lowest BCUT2D eigenvalue weighted by atomic mass is 9.98. The lowest BCUT2D eigenvalue weighted by Crippen LogP contribution is -2.25. The Labute approximate surface area is 130 Å². The first-order valence-corrected chi connectivity index (χ1v) is 7.28. The summed E-state index contributed by atoms with van der Waals surface area (Å²) in [6.45, 7) is 2.47. The van der Waals surface area contributed by atoms with E-state index in [-0.39, 0.29) is 6.04 Å². The van der Waals surface area contributed by atoms with Crippen LogP contribution in [0.3, 0.4) is 0 Å². The summed E-state index contributed by atoms with van der Waals surface area (Å²) in [5.74, 6) is 0. The van der Waals surface area contributed by atoms with Gasteiger partial charge in [0.1, 0.15) is 0 Å². The van der Waals surface area contributed by atoms with E-state index >= 15 is 0 Å². The maximum Gasteiger partial charge on any atom is 0.0858 e. The van der Waals surface area contributed by atoms with Crippen LogP contribution in [0, 0.1) is 5.41 Å². The average Bonchev–Trinajstić information content (AvgIpc) is 2.99. The fraction of sp³-hybridized carbons (Fsp3) is 0.167. The van der Waals surface area contributed by atoms with Crippen molar-refractivity contribution < 1.29 is 0 Å². The van der Waals surface area contributed by atoms with Gasteiger partial charge >= 0.3 is 0 Å². The Bertz CT molecular complexity index is 735. The first-order valence-electron chi connectivity index (χ1n) is 7.28. The molecule has 110 valence electrons. The highest BCUT2D eigenvalue weighted by atomic mass is 15.0. The topological polar surface area (TPSA) is 61.1 Å². The van der Waals surface area contributed by atoms with Crippen LogP contribution in [0.4, 0.5) is 5.69 Å². The molecule has 0 bridgehead atoms. The maximum absolute atomic E-state index is 7.36. The van der Waals surface area contributed by atoms with E-state index in [0.29, 0.717) is 12.3 Å². The lowest BCUT2D eigenvalue weighted by molar-refractivity contribution is 1.05. The number of hydrogen-bond donors (Lipinski definition) is 2. The first kappa shape index (κ1) is 14.2. The molecule has 1 unspecified atom stereocenters. The van der Waals surface area contributed by atoms with Crippen molar-refractivity contribution in [1.29, 1.82) is 5.41 Å². The summed E-state index contributed by atoms with van der Waals surface area (Å²) in [7, 11) is 0. The number of nitrogens with one attached hydrogen (secondary N) is 2. The molecule has 3 heterocycles. The van der Waals surface area contributed by atoms with Gasteiger partial charge in [-0.05, 0) is 37.3 Å². The van der Waals surface area contributed by atoms with Crippen molar-refractivity contribution in [3.63, 3.8) is 0 Å². The van der Waals surface area contributed by atoms with Crippen LogP contribution in [-0.2, 0) is 0 Å². The molecule has 1 aromatic heterocycles. The summed E-state index contributed by atoms with van der Waals surface area (Å²) in [6, 6.07) is 4.09. The molecular formula is C18H18N4. The fourth-order valence-corrected chi connectivity index (χ4v) is 2.48. The van der Waals surface area contributed by atoms with Crippen LogP contribution in [-0.4, -0.2) is 29.0 Å². The number of aromatic nitrogens is 1. The van der Waals surface area contributed by atoms with Crippen molar-refractivity contribution in [2.75, 3.05) is 11.9 Å². The summed E-state index contributed by atoms with van der Waals surface area (Å²) in [6.07, 6.45) is 15.7. The SMILES string of the molecule is CC(=N)/C=C\C=C\C1=NCC=C1C1C=Cc2ncccc2N1. The van der Waals surface area contributed by atoms with E-state index in [1.807, 2.05) is 30.4 Å². The Hall–Kier alpha value is -2.75. The number of hydrogen-bond acceptors (Lipinski definition) is 4. The quantitative estimate of drug-likeness (QED) is 0.659. The Morgan fingerprint density at radius 1 is 1.41 bits per heavy atom. The smallest absolute Gasteiger partial charge is 0.0858 e. The van der Waals surface area contributed by atoms with Crippen LogP contribution in [0.25, 0.3) is 6.08 Å². The predicted molar refractivity (Wildman–Crippen MR) is 92.7 cm³/mol. The van der Waals surface area contributed by atoms with Gasteiger partial charge in [0.15, 0.2) is 0 Å². The van der Waals surface area contributed by atoms with Gasteiger partial charge in [0.05, 0.1) is 29.7 Å². The Balaban J connectivity index is 1.73. The highest BCUT2D eigenvalue weighted by molar-refractivity contribution is 6.11. The lowest BCUT2D eigenvalue weighted by Gasteiger charge is -2.23. The van der Waals surface area contributed by atoms with Crippen LogP contribution in [0.5, 0.6) is 0 Å². The van der Waals surface area contributed by atoms with Gasteiger partial charge in [-0.3, -0.25) is 9.98 Å². The van der Waals surface area contributed by atoms with Gasteiger partial charge in [-0.25, -0.2) is 0 Å². The van der Waals surface area contributed by atoms with E-state index in [4.69, 9.17) is 5.41 Å². The number of allylic oxidation sites excluding steroid dienone is 4. The van der Waals surface area contributed by atoms with E-state index in [2.05, 4.69) is 33.5 Å². The predicted octanol–water partition coefficient (Wildman–Crippen LogP) is 3.42. The number of nitrogens with zero attached hydrogens (tertiary/aromatic N) is 2. The van der Waals surface area contributed by atoms with Gasteiger partial charge in [-0.2, -0.15) is 0 Å². The summed E-state index contributed by atoms with van der Waals surface area (Å²) in [4.78, 5) is 8.86. The molecule has 2 aliphatic rings. The molecule has 0 aromatic carbocycles. The number of pyridine rings is 1. The minimum Gasteiger partial charge on any atom is -0.373 e. The summed E-state index contributed by atoms with van der Waals surface area (Å²) in [5.41, 5.74) is 4.72. The molecule has 22 heavy (non-hydrogen) atoms. The summed E-state index contributed by atoms with van der Waals surface area (Å²) < 4.78 is 0. The molecule has 0 saturated carbocycles. The zero-order valence-electron chi connectivity index (χ0n) is 12.5.